The number of rotatable bonds is 4. The van der Waals surface area contributed by atoms with Crippen molar-refractivity contribution in [1.29, 1.82) is 0 Å². The summed E-state index contributed by atoms with van der Waals surface area (Å²) in [6.45, 7) is 6.03. The summed E-state index contributed by atoms with van der Waals surface area (Å²) >= 11 is 0. The molecule has 2 N–H and O–H groups in total. The molecule has 106 valence electrons. The van der Waals surface area contributed by atoms with Crippen LogP contribution >= 0.6 is 0 Å². The van der Waals surface area contributed by atoms with E-state index in [9.17, 15) is 4.79 Å². The van der Waals surface area contributed by atoms with Gasteiger partial charge in [0.1, 0.15) is 5.60 Å². The van der Waals surface area contributed by atoms with Crippen LogP contribution in [0.2, 0.25) is 0 Å². The number of hydrogen-bond donors (Lipinski definition) is 2. The molecule has 1 rings (SSSR count). The van der Waals surface area contributed by atoms with Gasteiger partial charge in [0.15, 0.2) is 0 Å². The zero-order valence-electron chi connectivity index (χ0n) is 12.3. The van der Waals surface area contributed by atoms with Crippen LogP contribution in [0.1, 0.15) is 26.3 Å². The van der Waals surface area contributed by atoms with Gasteiger partial charge in [0, 0.05) is 26.3 Å². The average molecular weight is 265 g/mol. The first-order valence-electron chi connectivity index (χ1n) is 6.26. The Hall–Kier alpha value is -1.75. The SMILES string of the molecule is CN(C)c1ccc(CNNC(=O)OC(C)(C)C)cc1. The molecule has 0 aromatic heterocycles. The Bertz CT molecular complexity index is 408. The summed E-state index contributed by atoms with van der Waals surface area (Å²) in [5, 5.41) is 0. The van der Waals surface area contributed by atoms with Crippen molar-refractivity contribution in [3.8, 4) is 0 Å². The number of benzene rings is 1. The molecular weight excluding hydrogens is 242 g/mol. The molecule has 0 atom stereocenters. The number of nitrogens with one attached hydrogen (secondary N) is 2. The first kappa shape index (κ1) is 15.3. The Morgan fingerprint density at radius 3 is 2.26 bits per heavy atom. The molecule has 0 spiro atoms. The maximum absolute atomic E-state index is 11.4. The highest BCUT2D eigenvalue weighted by atomic mass is 16.6. The Labute approximate surface area is 114 Å². The minimum Gasteiger partial charge on any atom is -0.443 e. The summed E-state index contributed by atoms with van der Waals surface area (Å²) in [7, 11) is 3.99. The van der Waals surface area contributed by atoms with Crippen LogP contribution in [-0.2, 0) is 11.3 Å². The van der Waals surface area contributed by atoms with Crippen molar-refractivity contribution in [2.75, 3.05) is 19.0 Å². The molecule has 1 aromatic carbocycles. The van der Waals surface area contributed by atoms with E-state index in [-0.39, 0.29) is 0 Å². The fourth-order valence-corrected chi connectivity index (χ4v) is 1.43. The first-order valence-corrected chi connectivity index (χ1v) is 6.26. The van der Waals surface area contributed by atoms with E-state index in [1.54, 1.807) is 0 Å². The predicted octanol–water partition coefficient (Wildman–Crippen LogP) is 2.28. The minimum absolute atomic E-state index is 0.475. The van der Waals surface area contributed by atoms with Gasteiger partial charge in [-0.1, -0.05) is 12.1 Å². The highest BCUT2D eigenvalue weighted by molar-refractivity contribution is 5.66. The maximum atomic E-state index is 11.4. The van der Waals surface area contributed by atoms with Gasteiger partial charge in [-0.3, -0.25) is 5.43 Å². The highest BCUT2D eigenvalue weighted by Gasteiger charge is 2.15. The van der Waals surface area contributed by atoms with Crippen molar-refractivity contribution in [3.05, 3.63) is 29.8 Å². The molecule has 1 aromatic rings. The van der Waals surface area contributed by atoms with Crippen LogP contribution in [0.3, 0.4) is 0 Å². The van der Waals surface area contributed by atoms with Crippen LogP contribution < -0.4 is 15.8 Å². The lowest BCUT2D eigenvalue weighted by atomic mass is 10.2. The summed E-state index contributed by atoms with van der Waals surface area (Å²) in [5.41, 5.74) is 7.08. The molecule has 5 nitrogen and oxygen atoms in total. The largest absolute Gasteiger partial charge is 0.443 e. The summed E-state index contributed by atoms with van der Waals surface area (Å²) < 4.78 is 5.11. The second kappa shape index (κ2) is 6.43. The molecule has 0 saturated carbocycles. The molecule has 0 saturated heterocycles. The molecule has 0 radical (unpaired) electrons. The monoisotopic (exact) mass is 265 g/mol. The van der Waals surface area contributed by atoms with Crippen LogP contribution in [0.5, 0.6) is 0 Å². The number of carbonyl (C=O) groups is 1. The van der Waals surface area contributed by atoms with Gasteiger partial charge < -0.3 is 9.64 Å². The standard InChI is InChI=1S/C14H23N3O2/c1-14(2,3)19-13(18)16-15-10-11-6-8-12(9-7-11)17(4)5/h6-9,15H,10H2,1-5H3,(H,16,18). The number of hydrogen-bond acceptors (Lipinski definition) is 4. The van der Waals surface area contributed by atoms with Gasteiger partial charge in [-0.2, -0.15) is 0 Å². The molecular formula is C14H23N3O2. The third-order valence-electron chi connectivity index (χ3n) is 2.33. The Morgan fingerprint density at radius 1 is 1.21 bits per heavy atom. The number of hydrazine groups is 1. The lowest BCUT2D eigenvalue weighted by Gasteiger charge is -2.19. The van der Waals surface area contributed by atoms with Crippen molar-refractivity contribution < 1.29 is 9.53 Å². The fourth-order valence-electron chi connectivity index (χ4n) is 1.43. The first-order chi connectivity index (χ1) is 8.78. The molecule has 5 heteroatoms. The van der Waals surface area contributed by atoms with E-state index in [0.29, 0.717) is 6.54 Å². The number of carbonyl (C=O) groups excluding carboxylic acids is 1. The minimum atomic E-state index is -0.487. The van der Waals surface area contributed by atoms with E-state index in [4.69, 9.17) is 4.74 Å². The molecule has 0 fully saturated rings. The number of amides is 1. The molecule has 0 aliphatic heterocycles. The second-order valence-electron chi connectivity index (χ2n) is 5.54. The predicted molar refractivity (Wildman–Crippen MR) is 77.0 cm³/mol. The van der Waals surface area contributed by atoms with E-state index < -0.39 is 11.7 Å². The van der Waals surface area contributed by atoms with E-state index >= 15 is 0 Å². The van der Waals surface area contributed by atoms with Crippen LogP contribution in [0.25, 0.3) is 0 Å². The fraction of sp³-hybridized carbons (Fsp3) is 0.500. The normalized spacial score (nSPS) is 11.0. The smallest absolute Gasteiger partial charge is 0.422 e. The summed E-state index contributed by atoms with van der Waals surface area (Å²) in [6, 6.07) is 8.09. The zero-order chi connectivity index (χ0) is 14.5. The molecule has 1 amide bonds. The van der Waals surface area contributed by atoms with Crippen LogP contribution in [-0.4, -0.2) is 25.8 Å². The van der Waals surface area contributed by atoms with Gasteiger partial charge >= 0.3 is 6.09 Å². The Balaban J connectivity index is 2.35. The average Bonchev–Trinajstić information content (AvgIpc) is 2.27. The van der Waals surface area contributed by atoms with E-state index in [0.717, 1.165) is 11.3 Å². The van der Waals surface area contributed by atoms with Crippen LogP contribution in [0, 0.1) is 0 Å². The third kappa shape index (κ3) is 6.10. The van der Waals surface area contributed by atoms with E-state index in [2.05, 4.69) is 10.9 Å². The third-order valence-corrected chi connectivity index (χ3v) is 2.33. The zero-order valence-corrected chi connectivity index (χ0v) is 12.3. The van der Waals surface area contributed by atoms with E-state index in [1.165, 1.54) is 0 Å². The Kier molecular flexibility index (Phi) is 5.18. The van der Waals surface area contributed by atoms with Crippen molar-refractivity contribution in [1.82, 2.24) is 10.9 Å². The molecule has 0 unspecified atom stereocenters. The molecule has 0 aliphatic rings. The number of ether oxygens (including phenoxy) is 1. The van der Waals surface area contributed by atoms with Gasteiger partial charge in [0.2, 0.25) is 0 Å². The van der Waals surface area contributed by atoms with Crippen molar-refractivity contribution in [3.63, 3.8) is 0 Å². The van der Waals surface area contributed by atoms with Gasteiger partial charge in [0.25, 0.3) is 0 Å². The number of anilines is 1. The quantitative estimate of drug-likeness (QED) is 0.820. The molecule has 0 aliphatic carbocycles. The maximum Gasteiger partial charge on any atom is 0.422 e. The van der Waals surface area contributed by atoms with Crippen molar-refractivity contribution in [2.45, 2.75) is 32.9 Å². The van der Waals surface area contributed by atoms with E-state index in [1.807, 2.05) is 64.0 Å². The van der Waals surface area contributed by atoms with Gasteiger partial charge in [0.05, 0.1) is 0 Å². The van der Waals surface area contributed by atoms with Crippen molar-refractivity contribution >= 4 is 11.8 Å². The Morgan fingerprint density at radius 2 is 1.79 bits per heavy atom. The summed E-state index contributed by atoms with van der Waals surface area (Å²) in [5.74, 6) is 0. The van der Waals surface area contributed by atoms with Crippen LogP contribution in [0.4, 0.5) is 10.5 Å². The summed E-state index contributed by atoms with van der Waals surface area (Å²) in [4.78, 5) is 13.4. The lowest BCUT2D eigenvalue weighted by Crippen LogP contribution is -2.40. The second-order valence-corrected chi connectivity index (χ2v) is 5.54. The van der Waals surface area contributed by atoms with Gasteiger partial charge in [-0.05, 0) is 38.5 Å². The lowest BCUT2D eigenvalue weighted by molar-refractivity contribution is 0.0497. The number of nitrogens with zero attached hydrogens (tertiary/aromatic N) is 1. The topological polar surface area (TPSA) is 53.6 Å². The van der Waals surface area contributed by atoms with Crippen LogP contribution in [0.15, 0.2) is 24.3 Å². The highest BCUT2D eigenvalue weighted by Crippen LogP contribution is 2.11. The molecule has 0 heterocycles. The van der Waals surface area contributed by atoms with Gasteiger partial charge in [-0.25, -0.2) is 10.2 Å². The molecule has 0 bridgehead atoms. The van der Waals surface area contributed by atoms with Crippen molar-refractivity contribution in [2.24, 2.45) is 0 Å². The van der Waals surface area contributed by atoms with Gasteiger partial charge in [-0.15, -0.1) is 0 Å². The molecule has 19 heavy (non-hydrogen) atoms. The summed E-state index contributed by atoms with van der Waals surface area (Å²) in [6.07, 6.45) is -0.475.